The van der Waals surface area contributed by atoms with E-state index in [1.54, 1.807) is 0 Å². The van der Waals surface area contributed by atoms with Crippen molar-refractivity contribution in [2.75, 3.05) is 5.88 Å². The van der Waals surface area contributed by atoms with E-state index in [9.17, 15) is 18.3 Å². The van der Waals surface area contributed by atoms with Crippen LogP contribution in [0.25, 0.3) is 0 Å². The van der Waals surface area contributed by atoms with Gasteiger partial charge in [-0.25, -0.2) is 0 Å². The highest BCUT2D eigenvalue weighted by Gasteiger charge is 2.31. The van der Waals surface area contributed by atoms with Gasteiger partial charge in [0.1, 0.15) is 5.75 Å². The molecule has 0 fully saturated rings. The number of alkyl halides is 4. The molecule has 0 saturated carbocycles. The summed E-state index contributed by atoms with van der Waals surface area (Å²) in [6.45, 7) is 0. The van der Waals surface area contributed by atoms with Crippen LogP contribution in [0.4, 0.5) is 13.2 Å². The molecular weight excluding hydrogens is 233 g/mol. The van der Waals surface area contributed by atoms with E-state index < -0.39 is 12.5 Å². The maximum Gasteiger partial charge on any atom is 0.573 e. The lowest BCUT2D eigenvalue weighted by molar-refractivity contribution is -0.274. The number of benzene rings is 1. The molecule has 15 heavy (non-hydrogen) atoms. The molecule has 1 atom stereocenters. The second-order valence-electron chi connectivity index (χ2n) is 2.79. The summed E-state index contributed by atoms with van der Waals surface area (Å²) in [5, 5.41) is 9.28. The molecule has 2 nitrogen and oxygen atoms in total. The van der Waals surface area contributed by atoms with Crippen LogP contribution in [0.3, 0.4) is 0 Å². The van der Waals surface area contributed by atoms with Crippen molar-refractivity contribution in [1.29, 1.82) is 0 Å². The van der Waals surface area contributed by atoms with Crippen LogP contribution in [-0.2, 0) is 0 Å². The van der Waals surface area contributed by atoms with Gasteiger partial charge in [-0.15, -0.1) is 24.8 Å². The Bertz CT molecular complexity index is 327. The Morgan fingerprint density at radius 1 is 1.40 bits per heavy atom. The summed E-state index contributed by atoms with van der Waals surface area (Å²) in [4.78, 5) is 0. The summed E-state index contributed by atoms with van der Waals surface area (Å²) in [6, 6.07) is 5.07. The molecule has 0 saturated heterocycles. The molecule has 1 aromatic rings. The van der Waals surface area contributed by atoms with Crippen molar-refractivity contribution < 1.29 is 23.0 Å². The maximum atomic E-state index is 11.8. The fourth-order valence-electron chi connectivity index (χ4n) is 1.01. The highest BCUT2D eigenvalue weighted by atomic mass is 35.5. The van der Waals surface area contributed by atoms with E-state index in [0.29, 0.717) is 0 Å². The van der Waals surface area contributed by atoms with E-state index in [2.05, 4.69) is 4.74 Å². The number of aliphatic hydroxyl groups is 1. The topological polar surface area (TPSA) is 29.5 Å². The highest BCUT2D eigenvalue weighted by Crippen LogP contribution is 2.25. The largest absolute Gasteiger partial charge is 0.573 e. The third kappa shape index (κ3) is 3.97. The standard InChI is InChI=1S/C9H8ClF3O2/c10-5-8(14)6-2-1-3-7(4-6)15-9(11,12)13/h1-4,8,14H,5H2/t8-/m1/s1. The molecule has 0 unspecified atom stereocenters. The van der Waals surface area contributed by atoms with Crippen molar-refractivity contribution in [3.05, 3.63) is 29.8 Å². The molecular formula is C9H8ClF3O2. The molecule has 0 aliphatic heterocycles. The van der Waals surface area contributed by atoms with Crippen molar-refractivity contribution >= 4 is 11.6 Å². The van der Waals surface area contributed by atoms with E-state index in [1.165, 1.54) is 12.1 Å². The van der Waals surface area contributed by atoms with Crippen molar-refractivity contribution in [2.24, 2.45) is 0 Å². The average molecular weight is 241 g/mol. The van der Waals surface area contributed by atoms with E-state index in [0.717, 1.165) is 12.1 Å². The van der Waals surface area contributed by atoms with Gasteiger partial charge in [0, 0.05) is 0 Å². The molecule has 0 spiro atoms. The number of hydrogen-bond donors (Lipinski definition) is 1. The van der Waals surface area contributed by atoms with Gasteiger partial charge in [-0.1, -0.05) is 12.1 Å². The van der Waals surface area contributed by atoms with Gasteiger partial charge in [0.25, 0.3) is 0 Å². The summed E-state index contributed by atoms with van der Waals surface area (Å²) >= 11 is 5.36. The summed E-state index contributed by atoms with van der Waals surface area (Å²) in [6.07, 6.45) is -5.73. The molecule has 0 amide bonds. The first-order valence-corrected chi connectivity index (χ1v) is 4.55. The van der Waals surface area contributed by atoms with Gasteiger partial charge in [0.15, 0.2) is 0 Å². The number of halogens is 4. The van der Waals surface area contributed by atoms with Gasteiger partial charge in [0.2, 0.25) is 0 Å². The number of hydrogen-bond acceptors (Lipinski definition) is 2. The Kier molecular flexibility index (Phi) is 3.82. The fourth-order valence-corrected chi connectivity index (χ4v) is 1.19. The lowest BCUT2D eigenvalue weighted by atomic mass is 10.1. The van der Waals surface area contributed by atoms with E-state index >= 15 is 0 Å². The Labute approximate surface area is 89.2 Å². The normalized spacial score (nSPS) is 13.7. The minimum absolute atomic E-state index is 0.0878. The van der Waals surface area contributed by atoms with E-state index in [-0.39, 0.29) is 17.2 Å². The first-order valence-electron chi connectivity index (χ1n) is 4.02. The fraction of sp³-hybridized carbons (Fsp3) is 0.333. The van der Waals surface area contributed by atoms with E-state index in [1.807, 2.05) is 0 Å². The molecule has 0 bridgehead atoms. The number of ether oxygens (including phenoxy) is 1. The maximum absolute atomic E-state index is 11.8. The smallest absolute Gasteiger partial charge is 0.406 e. The SMILES string of the molecule is O[C@H](CCl)c1cccc(OC(F)(F)F)c1. The van der Waals surface area contributed by atoms with Crippen LogP contribution < -0.4 is 4.74 Å². The molecule has 6 heteroatoms. The Hall–Kier alpha value is -0.940. The van der Waals surface area contributed by atoms with Crippen LogP contribution in [0, 0.1) is 0 Å². The molecule has 0 aromatic heterocycles. The van der Waals surface area contributed by atoms with Gasteiger partial charge in [-0.3, -0.25) is 0 Å². The monoisotopic (exact) mass is 240 g/mol. The Morgan fingerprint density at radius 3 is 2.60 bits per heavy atom. The second-order valence-corrected chi connectivity index (χ2v) is 3.10. The lowest BCUT2D eigenvalue weighted by Crippen LogP contribution is -2.17. The quantitative estimate of drug-likeness (QED) is 0.824. The van der Waals surface area contributed by atoms with Gasteiger partial charge < -0.3 is 9.84 Å². The number of aliphatic hydroxyl groups excluding tert-OH is 1. The summed E-state index contributed by atoms with van der Waals surface area (Å²) in [7, 11) is 0. The van der Waals surface area contributed by atoms with Gasteiger partial charge >= 0.3 is 6.36 Å². The molecule has 0 aliphatic rings. The van der Waals surface area contributed by atoms with Gasteiger partial charge in [0.05, 0.1) is 12.0 Å². The number of rotatable bonds is 3. The molecule has 0 radical (unpaired) electrons. The van der Waals surface area contributed by atoms with Crippen LogP contribution in [0.1, 0.15) is 11.7 Å². The average Bonchev–Trinajstić information content (AvgIpc) is 2.14. The van der Waals surface area contributed by atoms with Crippen molar-refractivity contribution in [2.45, 2.75) is 12.5 Å². The zero-order valence-corrected chi connectivity index (χ0v) is 8.22. The molecule has 1 N–H and O–H groups in total. The zero-order chi connectivity index (χ0) is 11.5. The molecule has 0 aliphatic carbocycles. The summed E-state index contributed by atoms with van der Waals surface area (Å²) in [5.41, 5.74) is 0.284. The third-order valence-corrected chi connectivity index (χ3v) is 1.91. The first kappa shape index (κ1) is 12.1. The molecule has 84 valence electrons. The van der Waals surface area contributed by atoms with Crippen molar-refractivity contribution in [3.63, 3.8) is 0 Å². The van der Waals surface area contributed by atoms with E-state index in [4.69, 9.17) is 11.6 Å². The van der Waals surface area contributed by atoms with Gasteiger partial charge in [-0.05, 0) is 17.7 Å². The van der Waals surface area contributed by atoms with Crippen LogP contribution in [0.5, 0.6) is 5.75 Å². The van der Waals surface area contributed by atoms with Crippen molar-refractivity contribution in [3.8, 4) is 5.75 Å². The first-order chi connectivity index (χ1) is 6.92. The molecule has 0 heterocycles. The predicted octanol–water partition coefficient (Wildman–Crippen LogP) is 2.86. The minimum Gasteiger partial charge on any atom is -0.406 e. The Morgan fingerprint density at radius 2 is 2.07 bits per heavy atom. The predicted molar refractivity (Wildman–Crippen MR) is 48.8 cm³/mol. The van der Waals surface area contributed by atoms with Crippen molar-refractivity contribution in [1.82, 2.24) is 0 Å². The minimum atomic E-state index is -4.73. The summed E-state index contributed by atoms with van der Waals surface area (Å²) < 4.78 is 39.2. The summed E-state index contributed by atoms with van der Waals surface area (Å²) in [5.74, 6) is -0.459. The molecule has 1 rings (SSSR count). The Balaban J connectivity index is 2.83. The third-order valence-electron chi connectivity index (χ3n) is 1.62. The molecule has 1 aromatic carbocycles. The highest BCUT2D eigenvalue weighted by molar-refractivity contribution is 6.18. The lowest BCUT2D eigenvalue weighted by Gasteiger charge is -2.11. The van der Waals surface area contributed by atoms with Crippen LogP contribution in [0.15, 0.2) is 24.3 Å². The van der Waals surface area contributed by atoms with Crippen LogP contribution in [-0.4, -0.2) is 17.3 Å². The van der Waals surface area contributed by atoms with Crippen LogP contribution >= 0.6 is 11.6 Å². The van der Waals surface area contributed by atoms with Crippen LogP contribution in [0.2, 0.25) is 0 Å². The second kappa shape index (κ2) is 4.72. The van der Waals surface area contributed by atoms with Gasteiger partial charge in [-0.2, -0.15) is 0 Å². The zero-order valence-electron chi connectivity index (χ0n) is 7.46.